The predicted octanol–water partition coefficient (Wildman–Crippen LogP) is 2.84. The van der Waals surface area contributed by atoms with Crippen LogP contribution in [0.4, 0.5) is 0 Å². The van der Waals surface area contributed by atoms with E-state index in [-0.39, 0.29) is 0 Å². The van der Waals surface area contributed by atoms with Crippen LogP contribution in [0.1, 0.15) is 15.0 Å². The first-order valence-corrected chi connectivity index (χ1v) is 7.97. The average molecular weight is 294 g/mol. The van der Waals surface area contributed by atoms with E-state index in [4.69, 9.17) is 16.7 Å². The Morgan fingerprint density at radius 2 is 2.00 bits per heavy atom. The summed E-state index contributed by atoms with van der Waals surface area (Å²) in [6.45, 7) is 0. The molecule has 0 aliphatic heterocycles. The van der Waals surface area contributed by atoms with Crippen molar-refractivity contribution >= 4 is 44.3 Å². The van der Waals surface area contributed by atoms with Gasteiger partial charge in [0.25, 0.3) is 0 Å². The Hall–Kier alpha value is -0.400. The van der Waals surface area contributed by atoms with E-state index in [1.165, 1.54) is 22.7 Å². The number of hydrogen-bond donors (Lipinski definition) is 1. The third-order valence-corrected chi connectivity index (χ3v) is 5.68. The number of thiophene rings is 2. The van der Waals surface area contributed by atoms with Crippen LogP contribution in [0.25, 0.3) is 0 Å². The van der Waals surface area contributed by atoms with Crippen molar-refractivity contribution in [2.45, 2.75) is 5.25 Å². The molecule has 2 heterocycles. The van der Waals surface area contributed by atoms with Crippen LogP contribution in [-0.4, -0.2) is 8.42 Å². The molecule has 1 atom stereocenters. The van der Waals surface area contributed by atoms with Gasteiger partial charge in [-0.15, -0.1) is 22.7 Å². The van der Waals surface area contributed by atoms with Crippen LogP contribution in [0.3, 0.4) is 0 Å². The van der Waals surface area contributed by atoms with E-state index in [0.29, 0.717) is 14.1 Å². The van der Waals surface area contributed by atoms with E-state index in [1.807, 2.05) is 5.38 Å². The standard InChI is InChI=1S/C9H8ClNO2S3/c10-8-4-3-7(15-8)9(16(11,12)13)6-2-1-5-14-6/h1-5,9H,(H2,11,12,13). The highest BCUT2D eigenvalue weighted by Crippen LogP contribution is 2.37. The summed E-state index contributed by atoms with van der Waals surface area (Å²) in [6.07, 6.45) is 0. The van der Waals surface area contributed by atoms with Gasteiger partial charge in [-0.3, -0.25) is 0 Å². The highest BCUT2D eigenvalue weighted by molar-refractivity contribution is 7.89. The second-order valence-corrected chi connectivity index (χ2v) is 7.50. The minimum Gasteiger partial charge on any atom is -0.228 e. The first-order chi connectivity index (χ1) is 7.48. The van der Waals surface area contributed by atoms with Crippen molar-refractivity contribution in [2.75, 3.05) is 0 Å². The molecule has 2 N–H and O–H groups in total. The van der Waals surface area contributed by atoms with Gasteiger partial charge in [0, 0.05) is 9.75 Å². The molecule has 0 spiro atoms. The molecule has 0 bridgehead atoms. The van der Waals surface area contributed by atoms with Crippen LogP contribution in [0.15, 0.2) is 29.6 Å². The first kappa shape index (κ1) is 12.1. The Labute approximate surface area is 107 Å². The zero-order chi connectivity index (χ0) is 11.8. The summed E-state index contributed by atoms with van der Waals surface area (Å²) in [6, 6.07) is 6.93. The third-order valence-electron chi connectivity index (χ3n) is 1.98. The lowest BCUT2D eigenvalue weighted by Crippen LogP contribution is -2.21. The molecule has 3 nitrogen and oxygen atoms in total. The fourth-order valence-electron chi connectivity index (χ4n) is 1.37. The highest BCUT2D eigenvalue weighted by atomic mass is 35.5. The smallest absolute Gasteiger partial charge is 0.222 e. The number of primary sulfonamides is 1. The van der Waals surface area contributed by atoms with Crippen molar-refractivity contribution in [3.05, 3.63) is 43.7 Å². The maximum atomic E-state index is 11.6. The van der Waals surface area contributed by atoms with Gasteiger partial charge in [-0.1, -0.05) is 17.7 Å². The van der Waals surface area contributed by atoms with E-state index in [0.717, 1.165) is 0 Å². The van der Waals surface area contributed by atoms with Crippen molar-refractivity contribution in [3.63, 3.8) is 0 Å². The normalized spacial score (nSPS) is 13.9. The maximum absolute atomic E-state index is 11.6. The summed E-state index contributed by atoms with van der Waals surface area (Å²) in [5.41, 5.74) is 0. The number of halogens is 1. The Morgan fingerprint density at radius 1 is 1.25 bits per heavy atom. The van der Waals surface area contributed by atoms with Gasteiger partial charge in [0.2, 0.25) is 10.0 Å². The largest absolute Gasteiger partial charge is 0.228 e. The molecule has 0 radical (unpaired) electrons. The van der Waals surface area contributed by atoms with Gasteiger partial charge < -0.3 is 0 Å². The Morgan fingerprint density at radius 3 is 2.44 bits per heavy atom. The molecule has 0 aliphatic carbocycles. The molecule has 86 valence electrons. The minimum atomic E-state index is -3.67. The molecule has 16 heavy (non-hydrogen) atoms. The molecular weight excluding hydrogens is 286 g/mol. The number of sulfonamides is 1. The van der Waals surface area contributed by atoms with Crippen LogP contribution in [0.5, 0.6) is 0 Å². The lowest BCUT2D eigenvalue weighted by atomic mass is 10.3. The molecule has 0 amide bonds. The van der Waals surface area contributed by atoms with Crippen LogP contribution in [0.2, 0.25) is 4.34 Å². The van der Waals surface area contributed by atoms with Crippen molar-refractivity contribution < 1.29 is 8.42 Å². The van der Waals surface area contributed by atoms with Crippen molar-refractivity contribution in [1.82, 2.24) is 0 Å². The summed E-state index contributed by atoms with van der Waals surface area (Å²) in [7, 11) is -3.67. The van der Waals surface area contributed by atoms with Gasteiger partial charge >= 0.3 is 0 Å². The van der Waals surface area contributed by atoms with Crippen LogP contribution in [0, 0.1) is 0 Å². The van der Waals surface area contributed by atoms with Crippen molar-refractivity contribution in [1.29, 1.82) is 0 Å². The molecule has 0 aliphatic rings. The van der Waals surface area contributed by atoms with Gasteiger partial charge in [0.15, 0.2) is 0 Å². The Balaban J connectivity index is 2.53. The van der Waals surface area contributed by atoms with Crippen molar-refractivity contribution in [3.8, 4) is 0 Å². The van der Waals surface area contributed by atoms with Crippen LogP contribution < -0.4 is 5.14 Å². The monoisotopic (exact) mass is 293 g/mol. The van der Waals surface area contributed by atoms with Gasteiger partial charge in [-0.2, -0.15) is 0 Å². The maximum Gasteiger partial charge on any atom is 0.222 e. The molecule has 2 rings (SSSR count). The number of nitrogens with two attached hydrogens (primary N) is 1. The quantitative estimate of drug-likeness (QED) is 0.946. The fourth-order valence-corrected chi connectivity index (χ4v) is 5.15. The summed E-state index contributed by atoms with van der Waals surface area (Å²) in [5.74, 6) is 0. The summed E-state index contributed by atoms with van der Waals surface area (Å²) >= 11 is 8.40. The first-order valence-electron chi connectivity index (χ1n) is 4.29. The second-order valence-electron chi connectivity index (χ2n) is 3.13. The molecule has 2 aromatic heterocycles. The zero-order valence-electron chi connectivity index (χ0n) is 7.96. The lowest BCUT2D eigenvalue weighted by molar-refractivity contribution is 0.592. The van der Waals surface area contributed by atoms with Gasteiger partial charge in [-0.25, -0.2) is 13.6 Å². The molecule has 0 aromatic carbocycles. The Kier molecular flexibility index (Phi) is 3.37. The van der Waals surface area contributed by atoms with Gasteiger partial charge in [0.1, 0.15) is 5.25 Å². The molecule has 0 saturated carbocycles. The molecule has 1 unspecified atom stereocenters. The molecular formula is C9H8ClNO2S3. The fraction of sp³-hybridized carbons (Fsp3) is 0.111. The summed E-state index contributed by atoms with van der Waals surface area (Å²) in [5, 5.41) is 6.28. The van der Waals surface area contributed by atoms with Crippen LogP contribution >= 0.6 is 34.3 Å². The lowest BCUT2D eigenvalue weighted by Gasteiger charge is -2.10. The van der Waals surface area contributed by atoms with Crippen LogP contribution in [-0.2, 0) is 10.0 Å². The minimum absolute atomic E-state index is 0.556. The van der Waals surface area contributed by atoms with E-state index >= 15 is 0 Å². The van der Waals surface area contributed by atoms with Gasteiger partial charge in [0.05, 0.1) is 4.34 Å². The molecule has 2 aromatic rings. The summed E-state index contributed by atoms with van der Waals surface area (Å²) in [4.78, 5) is 1.36. The van der Waals surface area contributed by atoms with E-state index in [9.17, 15) is 8.42 Å². The van der Waals surface area contributed by atoms with E-state index in [2.05, 4.69) is 0 Å². The Bertz CT molecular complexity index is 574. The average Bonchev–Trinajstić information content (AvgIpc) is 2.76. The van der Waals surface area contributed by atoms with E-state index in [1.54, 1.807) is 24.3 Å². The third kappa shape index (κ3) is 2.46. The summed E-state index contributed by atoms with van der Waals surface area (Å²) < 4.78 is 23.7. The molecule has 7 heteroatoms. The zero-order valence-corrected chi connectivity index (χ0v) is 11.2. The topological polar surface area (TPSA) is 60.2 Å². The SMILES string of the molecule is NS(=O)(=O)C(c1cccs1)c1ccc(Cl)s1. The van der Waals surface area contributed by atoms with Gasteiger partial charge in [-0.05, 0) is 23.6 Å². The van der Waals surface area contributed by atoms with E-state index < -0.39 is 15.3 Å². The second kappa shape index (κ2) is 4.46. The highest BCUT2D eigenvalue weighted by Gasteiger charge is 2.28. The molecule has 0 saturated heterocycles. The van der Waals surface area contributed by atoms with Crippen molar-refractivity contribution in [2.24, 2.45) is 5.14 Å². The predicted molar refractivity (Wildman–Crippen MR) is 68.6 cm³/mol. The number of hydrogen-bond acceptors (Lipinski definition) is 4. The molecule has 0 fully saturated rings. The number of rotatable bonds is 3.